The van der Waals surface area contributed by atoms with Crippen molar-refractivity contribution in [3.63, 3.8) is 0 Å². The molecular formula is C18H21N7O5. The molecule has 0 aliphatic carbocycles. The lowest BCUT2D eigenvalue weighted by Gasteiger charge is -2.14. The van der Waals surface area contributed by atoms with Crippen molar-refractivity contribution < 1.29 is 18.9 Å². The number of aromatic nitrogens is 4. The second kappa shape index (κ2) is 8.59. The zero-order valence-electron chi connectivity index (χ0n) is 16.7. The third-order valence-electron chi connectivity index (χ3n) is 4.39. The molecule has 0 radical (unpaired) electrons. The number of hydrogen-bond acceptors (Lipinski definition) is 7. The molecule has 2 N–H and O–H groups in total. The Morgan fingerprint density at radius 3 is 2.73 bits per heavy atom. The fourth-order valence-electron chi connectivity index (χ4n) is 2.97. The van der Waals surface area contributed by atoms with Gasteiger partial charge in [-0.2, -0.15) is 9.78 Å². The van der Waals surface area contributed by atoms with Gasteiger partial charge in [-0.15, -0.1) is 0 Å². The van der Waals surface area contributed by atoms with Gasteiger partial charge in [0.1, 0.15) is 5.76 Å². The zero-order chi connectivity index (χ0) is 21.8. The molecule has 30 heavy (non-hydrogen) atoms. The van der Waals surface area contributed by atoms with Gasteiger partial charge >= 0.3 is 5.82 Å². The highest BCUT2D eigenvalue weighted by Crippen LogP contribution is 2.22. The van der Waals surface area contributed by atoms with Crippen LogP contribution in [0.2, 0.25) is 0 Å². The van der Waals surface area contributed by atoms with Crippen molar-refractivity contribution in [2.75, 3.05) is 5.32 Å². The minimum Gasteiger partial charge on any atom is -0.467 e. The highest BCUT2D eigenvalue weighted by Gasteiger charge is 2.28. The Morgan fingerprint density at radius 2 is 2.13 bits per heavy atom. The maximum atomic E-state index is 12.9. The van der Waals surface area contributed by atoms with E-state index < -0.39 is 22.8 Å². The van der Waals surface area contributed by atoms with Crippen LogP contribution < -0.4 is 10.6 Å². The maximum absolute atomic E-state index is 12.9. The van der Waals surface area contributed by atoms with Gasteiger partial charge in [0.2, 0.25) is 0 Å². The molecule has 12 nitrogen and oxygen atoms in total. The number of amides is 2. The Kier molecular flexibility index (Phi) is 5.95. The fourth-order valence-corrected chi connectivity index (χ4v) is 2.97. The summed E-state index contributed by atoms with van der Waals surface area (Å²) < 4.78 is 7.89. The minimum absolute atomic E-state index is 0.0374. The summed E-state index contributed by atoms with van der Waals surface area (Å²) in [5.74, 6) is -0.710. The molecule has 0 aliphatic heterocycles. The molecule has 0 saturated heterocycles. The van der Waals surface area contributed by atoms with Gasteiger partial charge in [0.15, 0.2) is 11.7 Å². The van der Waals surface area contributed by atoms with Crippen molar-refractivity contribution in [3.05, 3.63) is 57.9 Å². The molecule has 3 heterocycles. The van der Waals surface area contributed by atoms with Crippen LogP contribution in [-0.4, -0.2) is 36.3 Å². The van der Waals surface area contributed by atoms with Gasteiger partial charge < -0.3 is 25.2 Å². The van der Waals surface area contributed by atoms with Crippen molar-refractivity contribution in [2.24, 2.45) is 7.05 Å². The van der Waals surface area contributed by atoms with Crippen LogP contribution in [0.4, 0.5) is 11.5 Å². The predicted octanol–water partition coefficient (Wildman–Crippen LogP) is 1.95. The summed E-state index contributed by atoms with van der Waals surface area (Å²) in [6.07, 6.45) is 3.34. The number of furan rings is 1. The third-order valence-corrected chi connectivity index (χ3v) is 4.39. The van der Waals surface area contributed by atoms with E-state index in [1.807, 2.05) is 0 Å². The molecule has 2 amide bonds. The van der Waals surface area contributed by atoms with Gasteiger partial charge in [-0.05, 0) is 30.4 Å². The first-order valence-electron chi connectivity index (χ1n) is 9.15. The van der Waals surface area contributed by atoms with Crippen LogP contribution in [0.1, 0.15) is 41.3 Å². The number of carbonyl (C=O) groups is 2. The smallest absolute Gasteiger partial charge is 0.390 e. The van der Waals surface area contributed by atoms with Gasteiger partial charge in [0.05, 0.1) is 35.4 Å². The van der Waals surface area contributed by atoms with E-state index >= 15 is 0 Å². The summed E-state index contributed by atoms with van der Waals surface area (Å²) in [7, 11) is 1.62. The Labute approximate surface area is 171 Å². The van der Waals surface area contributed by atoms with E-state index in [2.05, 4.69) is 20.8 Å². The summed E-state index contributed by atoms with van der Waals surface area (Å²) >= 11 is 0. The maximum Gasteiger partial charge on any atom is 0.390 e. The minimum atomic E-state index is -0.794. The van der Waals surface area contributed by atoms with Crippen LogP contribution in [-0.2, 0) is 18.4 Å². The third kappa shape index (κ3) is 4.37. The molecule has 0 bridgehead atoms. The Morgan fingerprint density at radius 1 is 1.37 bits per heavy atom. The Bertz CT molecular complexity index is 1070. The molecule has 3 aromatic rings. The first kappa shape index (κ1) is 20.8. The van der Waals surface area contributed by atoms with Gasteiger partial charge in [-0.1, -0.05) is 6.92 Å². The largest absolute Gasteiger partial charge is 0.467 e. The van der Waals surface area contributed by atoms with Crippen LogP contribution in [0.25, 0.3) is 0 Å². The topological polar surface area (TPSA) is 150 Å². The molecule has 0 saturated carbocycles. The van der Waals surface area contributed by atoms with Crippen molar-refractivity contribution in [1.82, 2.24) is 24.9 Å². The lowest BCUT2D eigenvalue weighted by molar-refractivity contribution is -0.389. The molecule has 0 spiro atoms. The molecule has 0 aromatic carbocycles. The van der Waals surface area contributed by atoms with Crippen molar-refractivity contribution in [2.45, 2.75) is 32.9 Å². The molecular weight excluding hydrogens is 394 g/mol. The summed E-state index contributed by atoms with van der Waals surface area (Å²) in [5, 5.41) is 24.4. The van der Waals surface area contributed by atoms with Crippen molar-refractivity contribution in [1.29, 1.82) is 0 Å². The van der Waals surface area contributed by atoms with E-state index in [1.165, 1.54) is 27.9 Å². The fraction of sp³-hybridized carbons (Fsp3) is 0.333. The molecule has 0 fully saturated rings. The van der Waals surface area contributed by atoms with E-state index in [0.717, 1.165) is 0 Å². The van der Waals surface area contributed by atoms with Crippen LogP contribution in [0.3, 0.4) is 0 Å². The number of rotatable bonds is 8. The number of aryl methyl sites for hydroxylation is 2. The highest BCUT2D eigenvalue weighted by molar-refractivity contribution is 6.03. The number of hydrogen-bond donors (Lipinski definition) is 2. The first-order valence-corrected chi connectivity index (χ1v) is 9.15. The summed E-state index contributed by atoms with van der Waals surface area (Å²) in [4.78, 5) is 35.8. The van der Waals surface area contributed by atoms with Gasteiger partial charge in [0.25, 0.3) is 11.8 Å². The van der Waals surface area contributed by atoms with Crippen LogP contribution >= 0.6 is 0 Å². The quantitative estimate of drug-likeness (QED) is 0.421. The monoisotopic (exact) mass is 415 g/mol. The second-order valence-corrected chi connectivity index (χ2v) is 6.59. The molecule has 3 rings (SSSR count). The lowest BCUT2D eigenvalue weighted by atomic mass is 10.2. The van der Waals surface area contributed by atoms with Gasteiger partial charge in [0, 0.05) is 13.2 Å². The molecule has 0 aliphatic rings. The van der Waals surface area contributed by atoms with E-state index in [1.54, 1.807) is 33.0 Å². The van der Waals surface area contributed by atoms with Crippen LogP contribution in [0, 0.1) is 17.0 Å². The van der Waals surface area contributed by atoms with E-state index in [9.17, 15) is 19.7 Å². The van der Waals surface area contributed by atoms with Crippen LogP contribution in [0.15, 0.2) is 35.1 Å². The normalized spacial score (nSPS) is 11.8. The molecule has 1 atom stereocenters. The molecule has 158 valence electrons. The molecule has 12 heteroatoms. The van der Waals surface area contributed by atoms with Crippen molar-refractivity contribution >= 4 is 23.3 Å². The average molecular weight is 415 g/mol. The number of carbonyl (C=O) groups excluding carboxylic acids is 2. The predicted molar refractivity (Wildman–Crippen MR) is 105 cm³/mol. The number of nitro groups is 1. The number of nitrogens with one attached hydrogen (secondary N) is 2. The Balaban J connectivity index is 1.77. The Hall–Kier alpha value is -3.96. The molecule has 3 aromatic heterocycles. The summed E-state index contributed by atoms with van der Waals surface area (Å²) in [6, 6.07) is 3.94. The number of nitrogens with zero attached hydrogens (tertiary/aromatic N) is 5. The van der Waals surface area contributed by atoms with E-state index in [0.29, 0.717) is 17.9 Å². The highest BCUT2D eigenvalue weighted by atomic mass is 16.6. The first-order chi connectivity index (χ1) is 14.3. The van der Waals surface area contributed by atoms with Crippen LogP contribution in [0.5, 0.6) is 0 Å². The molecule has 1 unspecified atom stereocenters. The number of anilines is 1. The van der Waals surface area contributed by atoms with Crippen molar-refractivity contribution in [3.8, 4) is 0 Å². The standard InChI is InChI=1S/C18H21N7O5/c1-4-14(24-11(2)8-15(21-24)25(28)29)17(26)20-13-10-23(3)22-16(13)18(27)19-9-12-6-5-7-30-12/h5-8,10,14H,4,9H2,1-3H3,(H,19,27)(H,20,26). The van der Waals surface area contributed by atoms with E-state index in [4.69, 9.17) is 4.42 Å². The zero-order valence-corrected chi connectivity index (χ0v) is 16.7. The van der Waals surface area contributed by atoms with Gasteiger partial charge in [-0.3, -0.25) is 14.3 Å². The summed E-state index contributed by atoms with van der Waals surface area (Å²) in [6.45, 7) is 3.56. The second-order valence-electron chi connectivity index (χ2n) is 6.59. The average Bonchev–Trinajstić information content (AvgIpc) is 3.42. The lowest BCUT2D eigenvalue weighted by Crippen LogP contribution is -2.29. The van der Waals surface area contributed by atoms with E-state index in [-0.39, 0.29) is 23.7 Å². The summed E-state index contributed by atoms with van der Waals surface area (Å²) in [5.41, 5.74) is 0.735. The SMILES string of the molecule is CCC(C(=O)Nc1cn(C)nc1C(=O)NCc1ccco1)n1nc([N+](=O)[O-])cc1C. The van der Waals surface area contributed by atoms with Gasteiger partial charge in [-0.25, -0.2) is 0 Å².